The molecular weight excluding hydrogens is 364 g/mol. The van der Waals surface area contributed by atoms with Gasteiger partial charge in [-0.25, -0.2) is 4.79 Å². The summed E-state index contributed by atoms with van der Waals surface area (Å²) in [6, 6.07) is 0. The lowest BCUT2D eigenvalue weighted by atomic mass is 9.42. The second-order valence-corrected chi connectivity index (χ2v) is 11.0. The van der Waals surface area contributed by atoms with Gasteiger partial charge in [0.1, 0.15) is 0 Å². The molecular formula is C25H38O4. The molecule has 4 fully saturated rings. The Labute approximate surface area is 175 Å². The quantitative estimate of drug-likeness (QED) is 0.364. The Morgan fingerprint density at radius 1 is 0.931 bits per heavy atom. The fourth-order valence-corrected chi connectivity index (χ4v) is 8.86. The third-order valence-electron chi connectivity index (χ3n) is 10.2. The van der Waals surface area contributed by atoms with Crippen molar-refractivity contribution in [2.24, 2.45) is 46.3 Å². The first-order chi connectivity index (χ1) is 13.7. The van der Waals surface area contributed by atoms with E-state index < -0.39 is 17.7 Å². The lowest BCUT2D eigenvalue weighted by Gasteiger charge is -2.62. The standard InChI is InChI=1S/C25H38O4/c1-5-16-10-12-19-18-11-9-17-7-6-8-21(22(27)23(28)29-15(2)26)25(17,4)20(18)13-14-24(16,19)3/h16-21H,5-14H2,1-4H3/t16-,17?,18-,19-,20-,21?,24+,25-/m0/s1. The number of carbonyl (C=O) groups excluding carboxylic acids is 3. The highest BCUT2D eigenvalue weighted by atomic mass is 16.6. The van der Waals surface area contributed by atoms with Gasteiger partial charge in [0.2, 0.25) is 5.78 Å². The van der Waals surface area contributed by atoms with Gasteiger partial charge >= 0.3 is 11.9 Å². The van der Waals surface area contributed by atoms with E-state index in [0.717, 1.165) is 24.7 Å². The SMILES string of the molecule is CC[C@H]1CC[C@H]2[C@@H]3CCC4CCCC(C(=O)C(=O)OC(C)=O)[C@]4(C)[C@H]3CC[C@]12C. The van der Waals surface area contributed by atoms with Gasteiger partial charge < -0.3 is 4.74 Å². The van der Waals surface area contributed by atoms with Crippen molar-refractivity contribution >= 4 is 17.7 Å². The minimum atomic E-state index is -0.931. The topological polar surface area (TPSA) is 60.4 Å². The molecule has 0 radical (unpaired) electrons. The zero-order valence-corrected chi connectivity index (χ0v) is 18.7. The number of ether oxygens (including phenoxy) is 1. The number of carbonyl (C=O) groups is 3. The maximum Gasteiger partial charge on any atom is 0.382 e. The van der Waals surface area contributed by atoms with Gasteiger partial charge in [-0.15, -0.1) is 0 Å². The van der Waals surface area contributed by atoms with E-state index in [1.807, 2.05) is 0 Å². The molecule has 0 saturated heterocycles. The van der Waals surface area contributed by atoms with E-state index in [2.05, 4.69) is 20.8 Å². The van der Waals surface area contributed by atoms with Crippen molar-refractivity contribution in [3.63, 3.8) is 0 Å². The fourth-order valence-electron chi connectivity index (χ4n) is 8.86. The highest BCUT2D eigenvalue weighted by Gasteiger charge is 2.62. The molecule has 0 aromatic rings. The minimum Gasteiger partial charge on any atom is -0.387 e. The van der Waals surface area contributed by atoms with E-state index in [4.69, 9.17) is 4.74 Å². The molecule has 4 rings (SSSR count). The average molecular weight is 403 g/mol. The van der Waals surface area contributed by atoms with Gasteiger partial charge in [-0.1, -0.05) is 33.6 Å². The first-order valence-electron chi connectivity index (χ1n) is 12.0. The second kappa shape index (κ2) is 7.50. The third kappa shape index (κ3) is 3.11. The van der Waals surface area contributed by atoms with Crippen LogP contribution in [0.2, 0.25) is 0 Å². The maximum atomic E-state index is 13.1. The molecule has 8 atom stereocenters. The third-order valence-corrected chi connectivity index (χ3v) is 10.2. The molecule has 4 aliphatic rings. The number of Topliss-reactive ketones (excluding diaryl/α,β-unsaturated/α-hetero) is 1. The van der Waals surface area contributed by atoms with Crippen LogP contribution in [0.4, 0.5) is 0 Å². The summed E-state index contributed by atoms with van der Waals surface area (Å²) in [6.45, 7) is 8.39. The Balaban J connectivity index is 1.64. The predicted octanol–water partition coefficient (Wildman–Crippen LogP) is 5.33. The van der Waals surface area contributed by atoms with Crippen LogP contribution < -0.4 is 0 Å². The monoisotopic (exact) mass is 402 g/mol. The molecule has 29 heavy (non-hydrogen) atoms. The number of rotatable bonds is 3. The summed E-state index contributed by atoms with van der Waals surface area (Å²) < 4.78 is 4.71. The molecule has 4 aliphatic carbocycles. The second-order valence-electron chi connectivity index (χ2n) is 11.0. The molecule has 4 heteroatoms. The molecule has 0 aromatic carbocycles. The Morgan fingerprint density at radius 2 is 1.69 bits per heavy atom. The Morgan fingerprint density at radius 3 is 2.38 bits per heavy atom. The molecule has 0 spiro atoms. The van der Waals surface area contributed by atoms with Crippen LogP contribution in [-0.2, 0) is 19.1 Å². The minimum absolute atomic E-state index is 0.125. The van der Waals surface area contributed by atoms with Gasteiger partial charge in [0.05, 0.1) is 0 Å². The van der Waals surface area contributed by atoms with Gasteiger partial charge in [-0.3, -0.25) is 9.59 Å². The number of fused-ring (bicyclic) bond motifs is 5. The van der Waals surface area contributed by atoms with Crippen molar-refractivity contribution in [1.82, 2.24) is 0 Å². The fraction of sp³-hybridized carbons (Fsp3) is 0.880. The lowest BCUT2D eigenvalue weighted by molar-refractivity contribution is -0.174. The first kappa shape index (κ1) is 21.1. The van der Waals surface area contributed by atoms with Gasteiger partial charge in [0, 0.05) is 12.8 Å². The summed E-state index contributed by atoms with van der Waals surface area (Å²) in [7, 11) is 0. The molecule has 4 saturated carbocycles. The van der Waals surface area contributed by atoms with Crippen LogP contribution in [0.3, 0.4) is 0 Å². The number of esters is 2. The van der Waals surface area contributed by atoms with Crippen LogP contribution in [0.5, 0.6) is 0 Å². The molecule has 0 aliphatic heterocycles. The first-order valence-corrected chi connectivity index (χ1v) is 12.0. The van der Waals surface area contributed by atoms with E-state index >= 15 is 0 Å². The molecule has 162 valence electrons. The van der Waals surface area contributed by atoms with Crippen molar-refractivity contribution in [3.05, 3.63) is 0 Å². The summed E-state index contributed by atoms with van der Waals surface area (Å²) in [5.74, 6) is 0.987. The summed E-state index contributed by atoms with van der Waals surface area (Å²) in [6.07, 6.45) is 11.8. The summed E-state index contributed by atoms with van der Waals surface area (Å²) in [4.78, 5) is 36.7. The maximum absolute atomic E-state index is 13.1. The zero-order valence-electron chi connectivity index (χ0n) is 18.7. The van der Waals surface area contributed by atoms with E-state index in [1.165, 1.54) is 58.3 Å². The van der Waals surface area contributed by atoms with E-state index in [-0.39, 0.29) is 11.3 Å². The largest absolute Gasteiger partial charge is 0.387 e. The van der Waals surface area contributed by atoms with Gasteiger partial charge in [0.25, 0.3) is 0 Å². The van der Waals surface area contributed by atoms with Crippen molar-refractivity contribution in [3.8, 4) is 0 Å². The highest BCUT2D eigenvalue weighted by molar-refractivity contribution is 6.36. The van der Waals surface area contributed by atoms with Crippen LogP contribution in [0.25, 0.3) is 0 Å². The van der Waals surface area contributed by atoms with E-state index in [9.17, 15) is 14.4 Å². The van der Waals surface area contributed by atoms with Crippen LogP contribution >= 0.6 is 0 Å². The molecule has 0 heterocycles. The zero-order chi connectivity index (χ0) is 21.0. The average Bonchev–Trinajstić information content (AvgIpc) is 3.02. The summed E-state index contributed by atoms with van der Waals surface area (Å²) >= 11 is 0. The molecule has 2 unspecified atom stereocenters. The normalized spacial score (nSPS) is 46.2. The van der Waals surface area contributed by atoms with Crippen LogP contribution in [-0.4, -0.2) is 17.7 Å². The van der Waals surface area contributed by atoms with Gasteiger partial charge in [0.15, 0.2) is 0 Å². The van der Waals surface area contributed by atoms with E-state index in [0.29, 0.717) is 23.2 Å². The van der Waals surface area contributed by atoms with Gasteiger partial charge in [-0.05, 0) is 91.8 Å². The molecule has 0 bridgehead atoms. The van der Waals surface area contributed by atoms with Crippen LogP contribution in [0.1, 0.15) is 91.9 Å². The van der Waals surface area contributed by atoms with Gasteiger partial charge in [-0.2, -0.15) is 0 Å². The van der Waals surface area contributed by atoms with Crippen molar-refractivity contribution in [2.45, 2.75) is 91.9 Å². The van der Waals surface area contributed by atoms with Crippen LogP contribution in [0.15, 0.2) is 0 Å². The van der Waals surface area contributed by atoms with Crippen LogP contribution in [0, 0.1) is 46.3 Å². The van der Waals surface area contributed by atoms with Crippen molar-refractivity contribution < 1.29 is 19.1 Å². The Bertz CT molecular complexity index is 699. The lowest BCUT2D eigenvalue weighted by Crippen LogP contribution is -2.57. The molecule has 0 N–H and O–H groups in total. The smallest absolute Gasteiger partial charge is 0.382 e. The van der Waals surface area contributed by atoms with E-state index in [1.54, 1.807) is 0 Å². The number of hydrogen-bond acceptors (Lipinski definition) is 4. The number of hydrogen-bond donors (Lipinski definition) is 0. The van der Waals surface area contributed by atoms with Crippen molar-refractivity contribution in [2.75, 3.05) is 0 Å². The Hall–Kier alpha value is -1.19. The molecule has 4 nitrogen and oxygen atoms in total. The summed E-state index contributed by atoms with van der Waals surface area (Å²) in [5, 5.41) is 0. The van der Waals surface area contributed by atoms with Crippen molar-refractivity contribution in [1.29, 1.82) is 0 Å². The number of ketones is 1. The summed E-state index contributed by atoms with van der Waals surface area (Å²) in [5.41, 5.74) is 0.334. The highest BCUT2D eigenvalue weighted by Crippen LogP contribution is 2.68. The molecule has 0 aromatic heterocycles. The predicted molar refractivity (Wildman–Crippen MR) is 111 cm³/mol. The molecule has 0 amide bonds. The Kier molecular flexibility index (Phi) is 5.44.